The highest BCUT2D eigenvalue weighted by molar-refractivity contribution is 7.86. The van der Waals surface area contributed by atoms with Crippen molar-refractivity contribution in [3.63, 3.8) is 0 Å². The number of hydrogen-bond acceptors (Lipinski definition) is 3. The molecule has 0 aliphatic rings. The molecule has 1 rings (SSSR count). The standard InChI is InChI=1S/C11H18N2O3S/c1-8(2)13-6-5-9(12-13)7-17(16)11(3,4)10(14)15/h5-6,8H,7H2,1-4H3,(H,14,15). The molecule has 0 fully saturated rings. The first-order valence-electron chi connectivity index (χ1n) is 5.41. The van der Waals surface area contributed by atoms with Gasteiger partial charge in [-0.3, -0.25) is 13.7 Å². The molecule has 1 unspecified atom stereocenters. The minimum Gasteiger partial charge on any atom is -0.480 e. The Labute approximate surface area is 103 Å². The number of carbonyl (C=O) groups is 1. The van der Waals surface area contributed by atoms with Crippen LogP contribution in [0.5, 0.6) is 0 Å². The van der Waals surface area contributed by atoms with Crippen LogP contribution in [0.4, 0.5) is 0 Å². The number of rotatable bonds is 5. The van der Waals surface area contributed by atoms with Crippen LogP contribution in [-0.4, -0.2) is 29.8 Å². The van der Waals surface area contributed by atoms with Gasteiger partial charge in [-0.05, 0) is 33.8 Å². The molecule has 1 aromatic rings. The molecular formula is C11H18N2O3S. The van der Waals surface area contributed by atoms with Gasteiger partial charge in [0, 0.05) is 23.0 Å². The highest BCUT2D eigenvalue weighted by Gasteiger charge is 2.34. The number of aromatic nitrogens is 2. The fourth-order valence-electron chi connectivity index (χ4n) is 1.15. The SMILES string of the molecule is CC(C)n1ccc(CS(=O)C(C)(C)C(=O)O)n1. The van der Waals surface area contributed by atoms with E-state index in [1.807, 2.05) is 20.0 Å². The van der Waals surface area contributed by atoms with Crippen LogP contribution in [-0.2, 0) is 21.3 Å². The normalized spacial score (nSPS) is 13.9. The lowest BCUT2D eigenvalue weighted by atomic mass is 10.2. The molecule has 0 spiro atoms. The third-order valence-corrected chi connectivity index (χ3v) is 4.43. The molecule has 96 valence electrons. The lowest BCUT2D eigenvalue weighted by molar-refractivity contribution is -0.139. The van der Waals surface area contributed by atoms with Crippen molar-refractivity contribution in [2.75, 3.05) is 0 Å². The van der Waals surface area contributed by atoms with Gasteiger partial charge in [0.2, 0.25) is 0 Å². The average molecular weight is 258 g/mol. The molecule has 1 aromatic heterocycles. The topological polar surface area (TPSA) is 72.2 Å². The van der Waals surface area contributed by atoms with E-state index in [0.717, 1.165) is 0 Å². The van der Waals surface area contributed by atoms with Gasteiger partial charge in [-0.2, -0.15) is 5.10 Å². The van der Waals surface area contributed by atoms with Crippen molar-refractivity contribution < 1.29 is 14.1 Å². The number of aliphatic carboxylic acids is 1. The van der Waals surface area contributed by atoms with E-state index in [1.165, 1.54) is 13.8 Å². The van der Waals surface area contributed by atoms with E-state index in [0.29, 0.717) is 5.69 Å². The Morgan fingerprint density at radius 1 is 1.59 bits per heavy atom. The zero-order valence-corrected chi connectivity index (χ0v) is 11.3. The second-order valence-corrected chi connectivity index (χ2v) is 6.69. The van der Waals surface area contributed by atoms with Crippen molar-refractivity contribution in [1.29, 1.82) is 0 Å². The molecule has 0 aliphatic carbocycles. The van der Waals surface area contributed by atoms with Crippen LogP contribution in [0.25, 0.3) is 0 Å². The summed E-state index contributed by atoms with van der Waals surface area (Å²) in [6.45, 7) is 6.92. The summed E-state index contributed by atoms with van der Waals surface area (Å²) in [7, 11) is -1.49. The van der Waals surface area contributed by atoms with Crippen molar-refractivity contribution in [2.24, 2.45) is 0 Å². The summed E-state index contributed by atoms with van der Waals surface area (Å²) in [5, 5.41) is 13.2. The summed E-state index contributed by atoms with van der Waals surface area (Å²) in [5.74, 6) is -0.891. The fraction of sp³-hybridized carbons (Fsp3) is 0.636. The maximum atomic E-state index is 11.9. The Kier molecular flexibility index (Phi) is 4.08. The van der Waals surface area contributed by atoms with Gasteiger partial charge in [-0.1, -0.05) is 0 Å². The predicted octanol–water partition coefficient (Wildman–Crippen LogP) is 1.58. The number of hydrogen-bond donors (Lipinski definition) is 1. The Morgan fingerprint density at radius 2 is 2.18 bits per heavy atom. The minimum absolute atomic E-state index is 0.166. The van der Waals surface area contributed by atoms with E-state index in [4.69, 9.17) is 5.11 Å². The minimum atomic E-state index is -1.49. The van der Waals surface area contributed by atoms with Gasteiger partial charge >= 0.3 is 5.97 Å². The second-order valence-electron chi connectivity index (χ2n) is 4.69. The Morgan fingerprint density at radius 3 is 2.59 bits per heavy atom. The van der Waals surface area contributed by atoms with Crippen LogP contribution in [0.15, 0.2) is 12.3 Å². The van der Waals surface area contributed by atoms with Crippen molar-refractivity contribution >= 4 is 16.8 Å². The molecule has 0 radical (unpaired) electrons. The van der Waals surface area contributed by atoms with Gasteiger partial charge in [-0.25, -0.2) is 0 Å². The lowest BCUT2D eigenvalue weighted by Gasteiger charge is -2.17. The summed E-state index contributed by atoms with van der Waals surface area (Å²) in [5.41, 5.74) is 0.659. The molecule has 0 aromatic carbocycles. The molecule has 5 nitrogen and oxygen atoms in total. The maximum absolute atomic E-state index is 11.9. The molecule has 1 N–H and O–H groups in total. The van der Waals surface area contributed by atoms with Gasteiger partial charge in [0.1, 0.15) is 4.75 Å². The van der Waals surface area contributed by atoms with Crippen molar-refractivity contribution in [3.05, 3.63) is 18.0 Å². The molecule has 1 heterocycles. The highest BCUT2D eigenvalue weighted by Crippen LogP contribution is 2.17. The first-order valence-corrected chi connectivity index (χ1v) is 6.73. The number of carboxylic acid groups (broad SMARTS) is 1. The zero-order valence-electron chi connectivity index (χ0n) is 10.5. The molecule has 0 aliphatic heterocycles. The molecular weight excluding hydrogens is 240 g/mol. The van der Waals surface area contributed by atoms with Crippen LogP contribution in [0, 0.1) is 0 Å². The van der Waals surface area contributed by atoms with Crippen LogP contribution < -0.4 is 0 Å². The highest BCUT2D eigenvalue weighted by atomic mass is 32.2. The fourth-order valence-corrected chi connectivity index (χ4v) is 2.13. The average Bonchev–Trinajstić information content (AvgIpc) is 2.65. The van der Waals surface area contributed by atoms with E-state index in [9.17, 15) is 9.00 Å². The van der Waals surface area contributed by atoms with Crippen LogP contribution >= 0.6 is 0 Å². The summed E-state index contributed by atoms with van der Waals surface area (Å²) in [4.78, 5) is 10.9. The van der Waals surface area contributed by atoms with Gasteiger partial charge in [0.15, 0.2) is 0 Å². The molecule has 6 heteroatoms. The first-order chi connectivity index (χ1) is 7.75. The van der Waals surface area contributed by atoms with Gasteiger partial charge in [0.25, 0.3) is 0 Å². The lowest BCUT2D eigenvalue weighted by Crippen LogP contribution is -2.37. The van der Waals surface area contributed by atoms with Crippen molar-refractivity contribution in [2.45, 2.75) is 44.2 Å². The third-order valence-electron chi connectivity index (χ3n) is 2.56. The van der Waals surface area contributed by atoms with Crippen molar-refractivity contribution in [3.8, 4) is 0 Å². The Hall–Kier alpha value is -1.17. The quantitative estimate of drug-likeness (QED) is 0.870. The maximum Gasteiger partial charge on any atom is 0.321 e. The number of nitrogens with zero attached hydrogens (tertiary/aromatic N) is 2. The summed E-state index contributed by atoms with van der Waals surface area (Å²) in [6, 6.07) is 2.01. The first kappa shape index (κ1) is 13.9. The molecule has 0 bridgehead atoms. The van der Waals surface area contributed by atoms with Gasteiger partial charge in [0.05, 0.1) is 11.4 Å². The van der Waals surface area contributed by atoms with Gasteiger partial charge in [-0.15, -0.1) is 0 Å². The summed E-state index contributed by atoms with van der Waals surface area (Å²) >= 11 is 0. The predicted molar refractivity (Wildman–Crippen MR) is 66.2 cm³/mol. The summed E-state index contributed by atoms with van der Waals surface area (Å²) < 4.78 is 12.5. The third kappa shape index (κ3) is 3.15. The molecule has 1 atom stereocenters. The van der Waals surface area contributed by atoms with E-state index < -0.39 is 21.5 Å². The molecule has 0 amide bonds. The van der Waals surface area contributed by atoms with E-state index in [2.05, 4.69) is 5.10 Å². The monoisotopic (exact) mass is 258 g/mol. The van der Waals surface area contributed by atoms with Gasteiger partial charge < -0.3 is 5.11 Å². The second kappa shape index (κ2) is 5.00. The number of carboxylic acids is 1. The van der Waals surface area contributed by atoms with Crippen LogP contribution in [0.3, 0.4) is 0 Å². The Balaban J connectivity index is 2.78. The Bertz CT molecular complexity index is 438. The zero-order chi connectivity index (χ0) is 13.2. The van der Waals surface area contributed by atoms with Crippen LogP contribution in [0.2, 0.25) is 0 Å². The molecule has 0 saturated heterocycles. The van der Waals surface area contributed by atoms with E-state index >= 15 is 0 Å². The van der Waals surface area contributed by atoms with E-state index in [-0.39, 0.29) is 11.8 Å². The van der Waals surface area contributed by atoms with Crippen LogP contribution in [0.1, 0.15) is 39.4 Å². The molecule has 0 saturated carbocycles. The smallest absolute Gasteiger partial charge is 0.321 e. The van der Waals surface area contributed by atoms with Crippen molar-refractivity contribution in [1.82, 2.24) is 9.78 Å². The van der Waals surface area contributed by atoms with E-state index in [1.54, 1.807) is 10.7 Å². The summed E-state index contributed by atoms with van der Waals surface area (Å²) in [6.07, 6.45) is 1.81. The largest absolute Gasteiger partial charge is 0.480 e. The molecule has 17 heavy (non-hydrogen) atoms.